The second kappa shape index (κ2) is 7.61. The highest BCUT2D eigenvalue weighted by Gasteiger charge is 2.13. The van der Waals surface area contributed by atoms with E-state index in [1.165, 1.54) is 23.9 Å². The molecule has 1 heterocycles. The number of hydrogen-bond donors (Lipinski definition) is 1. The monoisotopic (exact) mass is 345 g/mol. The molecule has 0 aliphatic rings. The van der Waals surface area contributed by atoms with Crippen molar-refractivity contribution < 1.29 is 18.9 Å². The van der Waals surface area contributed by atoms with Gasteiger partial charge in [0.1, 0.15) is 10.7 Å². The average molecular weight is 345 g/mol. The molecule has 0 atom stereocenters. The number of carbonyl (C=O) groups excluding carboxylic acids is 1. The number of ether oxygens (including phenoxy) is 1. The van der Waals surface area contributed by atoms with Crippen LogP contribution in [0.2, 0.25) is 0 Å². The van der Waals surface area contributed by atoms with E-state index in [0.717, 1.165) is 0 Å². The van der Waals surface area contributed by atoms with Crippen LogP contribution in [-0.2, 0) is 10.2 Å². The Morgan fingerprint density at radius 1 is 1.28 bits per heavy atom. The van der Waals surface area contributed by atoms with E-state index in [-0.39, 0.29) is 17.8 Å². The highest BCUT2D eigenvalue weighted by Crippen LogP contribution is 2.24. The summed E-state index contributed by atoms with van der Waals surface area (Å²) < 4.78 is 10.2. The Labute approximate surface area is 144 Å². The molecular formula is C17H19N3O5. The lowest BCUT2D eigenvalue weighted by molar-refractivity contribution is -0.402. The zero-order chi connectivity index (χ0) is 18.4. The Bertz CT molecular complexity index is 772. The SMILES string of the molecule is CC(C)(C)c1ccc(OCC(=O)N/N=C/c2ccc([N+](=O)[O-])o2)cc1. The third-order valence-electron chi connectivity index (χ3n) is 3.26. The fourth-order valence-corrected chi connectivity index (χ4v) is 1.91. The zero-order valence-corrected chi connectivity index (χ0v) is 14.2. The number of nitrogens with one attached hydrogen (secondary N) is 1. The second-order valence-electron chi connectivity index (χ2n) is 6.29. The summed E-state index contributed by atoms with van der Waals surface area (Å²) in [6, 6.07) is 10.1. The van der Waals surface area contributed by atoms with Crippen molar-refractivity contribution in [1.29, 1.82) is 0 Å². The summed E-state index contributed by atoms with van der Waals surface area (Å²) in [6.45, 7) is 6.14. The molecule has 0 saturated heterocycles. The molecule has 0 fully saturated rings. The lowest BCUT2D eigenvalue weighted by Gasteiger charge is -2.19. The molecule has 0 bridgehead atoms. The maximum absolute atomic E-state index is 11.7. The van der Waals surface area contributed by atoms with Gasteiger partial charge in [0.15, 0.2) is 12.4 Å². The number of hydrogen-bond acceptors (Lipinski definition) is 6. The van der Waals surface area contributed by atoms with Crippen LogP contribution in [0, 0.1) is 10.1 Å². The quantitative estimate of drug-likeness (QED) is 0.492. The molecule has 1 N–H and O–H groups in total. The molecular weight excluding hydrogens is 326 g/mol. The van der Waals surface area contributed by atoms with Gasteiger partial charge in [0.2, 0.25) is 0 Å². The van der Waals surface area contributed by atoms with Crippen LogP contribution in [0.4, 0.5) is 5.88 Å². The van der Waals surface area contributed by atoms with Gasteiger partial charge in [-0.25, -0.2) is 5.43 Å². The van der Waals surface area contributed by atoms with Gasteiger partial charge in [-0.05, 0) is 29.2 Å². The molecule has 1 aromatic heterocycles. The maximum Gasteiger partial charge on any atom is 0.433 e. The molecule has 25 heavy (non-hydrogen) atoms. The van der Waals surface area contributed by atoms with Crippen molar-refractivity contribution in [3.05, 3.63) is 57.8 Å². The Balaban J connectivity index is 1.80. The fraction of sp³-hybridized carbons (Fsp3) is 0.294. The number of hydrazone groups is 1. The van der Waals surface area contributed by atoms with Crippen LogP contribution in [0.1, 0.15) is 32.1 Å². The number of rotatable bonds is 6. The van der Waals surface area contributed by atoms with Crippen LogP contribution >= 0.6 is 0 Å². The van der Waals surface area contributed by atoms with E-state index in [1.807, 2.05) is 12.1 Å². The van der Waals surface area contributed by atoms with E-state index in [4.69, 9.17) is 9.15 Å². The molecule has 0 saturated carbocycles. The number of benzene rings is 1. The van der Waals surface area contributed by atoms with Crippen molar-refractivity contribution in [1.82, 2.24) is 5.43 Å². The van der Waals surface area contributed by atoms with Gasteiger partial charge in [0, 0.05) is 0 Å². The van der Waals surface area contributed by atoms with Crippen LogP contribution in [0.3, 0.4) is 0 Å². The first-order valence-corrected chi connectivity index (χ1v) is 7.55. The Morgan fingerprint density at radius 2 is 1.96 bits per heavy atom. The summed E-state index contributed by atoms with van der Waals surface area (Å²) >= 11 is 0. The molecule has 1 amide bonds. The van der Waals surface area contributed by atoms with E-state index in [9.17, 15) is 14.9 Å². The molecule has 2 aromatic rings. The minimum atomic E-state index is -0.658. The molecule has 0 unspecified atom stereocenters. The third kappa shape index (κ3) is 5.45. The van der Waals surface area contributed by atoms with Gasteiger partial charge < -0.3 is 9.15 Å². The predicted molar refractivity (Wildman–Crippen MR) is 91.7 cm³/mol. The smallest absolute Gasteiger partial charge is 0.433 e. The van der Waals surface area contributed by atoms with Gasteiger partial charge in [0.05, 0.1) is 12.3 Å². The van der Waals surface area contributed by atoms with Crippen LogP contribution in [0.15, 0.2) is 45.9 Å². The van der Waals surface area contributed by atoms with Crippen LogP contribution < -0.4 is 10.2 Å². The minimum Gasteiger partial charge on any atom is -0.484 e. The predicted octanol–water partition coefficient (Wildman–Crippen LogP) is 3.01. The first kappa shape index (κ1) is 18.2. The summed E-state index contributed by atoms with van der Waals surface area (Å²) in [5.41, 5.74) is 3.47. The summed E-state index contributed by atoms with van der Waals surface area (Å²) in [6.07, 6.45) is 1.17. The van der Waals surface area contributed by atoms with Crippen LogP contribution in [0.5, 0.6) is 5.75 Å². The first-order chi connectivity index (χ1) is 11.8. The molecule has 8 nitrogen and oxygen atoms in total. The highest BCUT2D eigenvalue weighted by molar-refractivity contribution is 5.81. The molecule has 0 aliphatic carbocycles. The van der Waals surface area contributed by atoms with Crippen molar-refractivity contribution in [2.45, 2.75) is 26.2 Å². The third-order valence-corrected chi connectivity index (χ3v) is 3.26. The highest BCUT2D eigenvalue weighted by atomic mass is 16.6. The standard InChI is InChI=1S/C17H19N3O5/c1-17(2,3)12-4-6-13(7-5-12)24-11-15(21)19-18-10-14-8-9-16(25-14)20(22)23/h4-10H,11H2,1-3H3,(H,19,21)/b18-10+. The van der Waals surface area contributed by atoms with E-state index >= 15 is 0 Å². The van der Waals surface area contributed by atoms with Crippen molar-refractivity contribution in [3.63, 3.8) is 0 Å². The molecule has 132 valence electrons. The Hall–Kier alpha value is -3.16. The first-order valence-electron chi connectivity index (χ1n) is 7.55. The molecule has 0 radical (unpaired) electrons. The van der Waals surface area contributed by atoms with Gasteiger partial charge in [-0.2, -0.15) is 5.10 Å². The van der Waals surface area contributed by atoms with Crippen molar-refractivity contribution in [2.24, 2.45) is 5.10 Å². The van der Waals surface area contributed by atoms with E-state index in [0.29, 0.717) is 5.75 Å². The Kier molecular flexibility index (Phi) is 5.53. The topological polar surface area (TPSA) is 107 Å². The lowest BCUT2D eigenvalue weighted by Crippen LogP contribution is -2.24. The normalized spacial score (nSPS) is 11.5. The molecule has 0 aliphatic heterocycles. The summed E-state index contributed by atoms with van der Waals surface area (Å²) in [7, 11) is 0. The number of nitrogens with zero attached hydrogens (tertiary/aromatic N) is 2. The fourth-order valence-electron chi connectivity index (χ4n) is 1.91. The van der Waals surface area contributed by atoms with Gasteiger partial charge in [-0.3, -0.25) is 14.9 Å². The van der Waals surface area contributed by atoms with Crippen molar-refractivity contribution in [2.75, 3.05) is 6.61 Å². The molecule has 0 spiro atoms. The van der Waals surface area contributed by atoms with Crippen LogP contribution in [-0.4, -0.2) is 23.7 Å². The average Bonchev–Trinajstić information content (AvgIpc) is 3.02. The van der Waals surface area contributed by atoms with E-state index in [2.05, 4.69) is 31.3 Å². The van der Waals surface area contributed by atoms with E-state index in [1.54, 1.807) is 12.1 Å². The number of carbonyl (C=O) groups is 1. The Morgan fingerprint density at radius 3 is 2.52 bits per heavy atom. The molecule has 2 rings (SSSR count). The van der Waals surface area contributed by atoms with Gasteiger partial charge >= 0.3 is 5.88 Å². The zero-order valence-electron chi connectivity index (χ0n) is 14.2. The largest absolute Gasteiger partial charge is 0.484 e. The van der Waals surface area contributed by atoms with Gasteiger partial charge in [-0.1, -0.05) is 32.9 Å². The molecule has 1 aromatic carbocycles. The summed E-state index contributed by atoms with van der Waals surface area (Å²) in [4.78, 5) is 21.5. The second-order valence-corrected chi connectivity index (χ2v) is 6.29. The number of amides is 1. The van der Waals surface area contributed by atoms with Crippen molar-refractivity contribution in [3.8, 4) is 5.75 Å². The number of furan rings is 1. The van der Waals surface area contributed by atoms with Gasteiger partial charge in [0.25, 0.3) is 5.91 Å². The van der Waals surface area contributed by atoms with E-state index < -0.39 is 16.7 Å². The summed E-state index contributed by atoms with van der Waals surface area (Å²) in [5.74, 6) is -0.119. The van der Waals surface area contributed by atoms with Crippen molar-refractivity contribution >= 4 is 18.0 Å². The maximum atomic E-state index is 11.7. The molecule has 8 heteroatoms. The number of nitro groups is 1. The van der Waals surface area contributed by atoms with Gasteiger partial charge in [-0.15, -0.1) is 0 Å². The minimum absolute atomic E-state index is 0.0472. The lowest BCUT2D eigenvalue weighted by atomic mass is 9.87. The summed E-state index contributed by atoms with van der Waals surface area (Å²) in [5, 5.41) is 14.1. The van der Waals surface area contributed by atoms with Crippen LogP contribution in [0.25, 0.3) is 0 Å².